The molecule has 0 saturated carbocycles. The molecule has 1 aromatic heterocycles. The molecule has 4 amide bonds. The molecule has 2 fully saturated rings. The quantitative estimate of drug-likeness (QED) is 0.0773. The van der Waals surface area contributed by atoms with Crippen LogP contribution in [-0.2, 0) is 25.7 Å². The number of likely N-dealkylation sites (tertiary alicyclic amines) is 2. The number of carbonyl (C=O) groups is 5. The largest absolute Gasteiger partial charge is 0.445 e. The average Bonchev–Trinajstić information content (AvgIpc) is 3.93. The maximum Gasteiger partial charge on any atom is 0.410 e. The summed E-state index contributed by atoms with van der Waals surface area (Å²) < 4.78 is 17.3. The number of rotatable bonds is 15. The van der Waals surface area contributed by atoms with Crippen LogP contribution in [0.25, 0.3) is 22.2 Å². The molecular weight excluding hydrogens is 765 g/mol. The molecule has 0 bridgehead atoms. The minimum atomic E-state index is -1.30. The second-order valence-electron chi connectivity index (χ2n) is 15.1. The molecule has 0 aliphatic carbocycles. The summed E-state index contributed by atoms with van der Waals surface area (Å²) in [7, 11) is 0. The summed E-state index contributed by atoms with van der Waals surface area (Å²) >= 11 is 0. The van der Waals surface area contributed by atoms with Gasteiger partial charge in [0.2, 0.25) is 11.7 Å². The smallest absolute Gasteiger partial charge is 0.410 e. The van der Waals surface area contributed by atoms with E-state index < -0.39 is 54.0 Å². The van der Waals surface area contributed by atoms with Crippen molar-refractivity contribution in [3.8, 4) is 11.1 Å². The molecule has 7 rings (SSSR count). The number of nitrogens with two attached hydrogens (primary N) is 1. The molecule has 2 saturated heterocycles. The third kappa shape index (κ3) is 10.4. The van der Waals surface area contributed by atoms with Gasteiger partial charge < -0.3 is 40.1 Å². The zero-order valence-corrected chi connectivity index (χ0v) is 33.4. The van der Waals surface area contributed by atoms with Crippen LogP contribution < -0.4 is 16.4 Å². The molecule has 1 unspecified atom stereocenters. The molecule has 2 aliphatic rings. The topological polar surface area (TPSA) is 186 Å². The van der Waals surface area contributed by atoms with E-state index in [4.69, 9.17) is 19.6 Å². The molecule has 3 heterocycles. The third-order valence-corrected chi connectivity index (χ3v) is 10.9. The fourth-order valence-corrected chi connectivity index (χ4v) is 7.66. The minimum absolute atomic E-state index is 0.0382. The average molecular weight is 815 g/mol. The number of amides is 4. The highest BCUT2D eigenvalue weighted by Crippen LogP contribution is 2.29. The predicted octanol–water partition coefficient (Wildman–Crippen LogP) is 6.55. The van der Waals surface area contributed by atoms with Crippen LogP contribution in [0.3, 0.4) is 0 Å². The van der Waals surface area contributed by atoms with Gasteiger partial charge in [0.05, 0.1) is 12.6 Å². The highest BCUT2D eigenvalue weighted by Gasteiger charge is 2.45. The second kappa shape index (κ2) is 19.9. The molecule has 4 aromatic carbocycles. The summed E-state index contributed by atoms with van der Waals surface area (Å²) in [6, 6.07) is 29.5. The fourth-order valence-electron chi connectivity index (χ4n) is 7.66. The Morgan fingerprint density at radius 1 is 0.800 bits per heavy atom. The molecule has 4 atom stereocenters. The number of oxazole rings is 1. The van der Waals surface area contributed by atoms with E-state index in [1.54, 1.807) is 41.3 Å². The maximum absolute atomic E-state index is 14.9. The van der Waals surface area contributed by atoms with E-state index in [1.807, 2.05) is 72.8 Å². The van der Waals surface area contributed by atoms with Gasteiger partial charge >= 0.3 is 12.2 Å². The van der Waals surface area contributed by atoms with Crippen molar-refractivity contribution in [2.24, 2.45) is 5.73 Å². The van der Waals surface area contributed by atoms with Crippen molar-refractivity contribution < 1.29 is 37.9 Å². The molecular formula is C46H50N6O8. The van der Waals surface area contributed by atoms with Crippen molar-refractivity contribution in [2.75, 3.05) is 26.2 Å². The van der Waals surface area contributed by atoms with Crippen molar-refractivity contribution in [3.05, 3.63) is 126 Å². The number of hydrogen-bond donors (Lipinski definition) is 3. The van der Waals surface area contributed by atoms with Crippen molar-refractivity contribution >= 4 is 40.9 Å². The van der Waals surface area contributed by atoms with E-state index in [9.17, 15) is 24.0 Å². The van der Waals surface area contributed by atoms with E-state index in [2.05, 4.69) is 15.6 Å². The van der Waals surface area contributed by atoms with E-state index in [1.165, 1.54) is 4.90 Å². The molecule has 312 valence electrons. The number of Topliss-reactive ketones (excluding diaryl/α,β-unsaturated/α-hetero) is 1. The summed E-state index contributed by atoms with van der Waals surface area (Å²) in [6.45, 7) is 1.32. The minimum Gasteiger partial charge on any atom is -0.445 e. The van der Waals surface area contributed by atoms with Gasteiger partial charge in [-0.1, -0.05) is 97.1 Å². The summed E-state index contributed by atoms with van der Waals surface area (Å²) in [4.78, 5) is 77.5. The number of hydrogen-bond acceptors (Lipinski definition) is 10. The van der Waals surface area contributed by atoms with E-state index in [0.29, 0.717) is 49.1 Å². The van der Waals surface area contributed by atoms with E-state index in [-0.39, 0.29) is 31.9 Å². The van der Waals surface area contributed by atoms with Crippen LogP contribution in [0.1, 0.15) is 72.8 Å². The molecule has 14 heteroatoms. The molecule has 2 aliphatic heterocycles. The predicted molar refractivity (Wildman–Crippen MR) is 223 cm³/mol. The Hall–Kier alpha value is -6.54. The maximum atomic E-state index is 14.9. The van der Waals surface area contributed by atoms with Gasteiger partial charge in [-0.2, -0.15) is 0 Å². The zero-order valence-electron chi connectivity index (χ0n) is 33.4. The lowest BCUT2D eigenvalue weighted by atomic mass is 9.99. The lowest BCUT2D eigenvalue weighted by Crippen LogP contribution is -2.53. The Morgan fingerprint density at radius 3 is 2.20 bits per heavy atom. The van der Waals surface area contributed by atoms with Crippen LogP contribution >= 0.6 is 0 Å². The van der Waals surface area contributed by atoms with Gasteiger partial charge in [0.15, 0.2) is 5.58 Å². The number of carbonyl (C=O) groups excluding carboxylic acids is 5. The summed E-state index contributed by atoms with van der Waals surface area (Å²) in [5.74, 6) is -1.94. The van der Waals surface area contributed by atoms with Crippen LogP contribution in [0.5, 0.6) is 0 Å². The number of ketones is 1. The third-order valence-electron chi connectivity index (χ3n) is 10.9. The Morgan fingerprint density at radius 2 is 1.48 bits per heavy atom. The van der Waals surface area contributed by atoms with Gasteiger partial charge in [-0.05, 0) is 79.5 Å². The number of benzene rings is 4. The standard InChI is InChI=1S/C46H50N6O8/c47-25-11-10-19-37(41(53)43-49-36-18-8-9-20-39(36)60-43)48-42(54)38-28-35(59-46(57)51-26-12-3-13-27-51)29-52(38)44(55)40(50-45(56)58-30-31-14-4-1-5-15-31)34-23-21-33(22-24-34)32-16-6-2-7-17-32/h1-2,4-9,14-18,20-24,35,37-38,40H,3,10-13,19,25-30,47H2,(H,48,54)(H,50,56)/t35-,37+,38+,40?/m1/s1. The number of fused-ring (bicyclic) bond motifs is 1. The first kappa shape index (κ1) is 41.6. The molecule has 5 aromatic rings. The monoisotopic (exact) mass is 814 g/mol. The van der Waals surface area contributed by atoms with Crippen LogP contribution in [0.4, 0.5) is 9.59 Å². The number of alkyl carbamates (subject to hydrolysis) is 1. The number of unbranched alkanes of at least 4 members (excludes halogenated alkanes) is 1. The first-order valence-corrected chi connectivity index (χ1v) is 20.6. The number of piperidine rings is 1. The SMILES string of the molecule is NCCCC[C@H](NC(=O)[C@@H]1C[C@@H](OC(=O)N2CCCCC2)CN1C(=O)C(NC(=O)OCc1ccccc1)c1ccc(-c2ccccc2)cc1)C(=O)c1nc2ccccc2o1. The van der Waals surface area contributed by atoms with Crippen LogP contribution in [-0.4, -0.2) is 88.9 Å². The Bertz CT molecular complexity index is 2210. The lowest BCUT2D eigenvalue weighted by Gasteiger charge is -2.29. The van der Waals surface area contributed by atoms with Gasteiger partial charge in [-0.15, -0.1) is 0 Å². The summed E-state index contributed by atoms with van der Waals surface area (Å²) in [5.41, 5.74) is 9.76. The van der Waals surface area contributed by atoms with Crippen molar-refractivity contribution in [2.45, 2.75) is 75.8 Å². The number of ether oxygens (including phenoxy) is 2. The van der Waals surface area contributed by atoms with E-state index in [0.717, 1.165) is 36.0 Å². The zero-order chi connectivity index (χ0) is 41.8. The van der Waals surface area contributed by atoms with Crippen molar-refractivity contribution in [3.63, 3.8) is 0 Å². The lowest BCUT2D eigenvalue weighted by molar-refractivity contribution is -0.140. The molecule has 60 heavy (non-hydrogen) atoms. The van der Waals surface area contributed by atoms with Gasteiger partial charge in [0.1, 0.15) is 30.3 Å². The van der Waals surface area contributed by atoms with Gasteiger partial charge in [-0.3, -0.25) is 14.4 Å². The van der Waals surface area contributed by atoms with Crippen LogP contribution in [0, 0.1) is 0 Å². The molecule has 0 spiro atoms. The second-order valence-corrected chi connectivity index (χ2v) is 15.1. The number of para-hydroxylation sites is 2. The van der Waals surface area contributed by atoms with E-state index >= 15 is 0 Å². The van der Waals surface area contributed by atoms with Gasteiger partial charge in [0, 0.05) is 19.5 Å². The van der Waals surface area contributed by atoms with Gasteiger partial charge in [-0.25, -0.2) is 14.6 Å². The first-order valence-electron chi connectivity index (χ1n) is 20.6. The Balaban J connectivity index is 1.17. The fraction of sp³-hybridized carbons (Fsp3) is 0.348. The van der Waals surface area contributed by atoms with Crippen molar-refractivity contribution in [1.29, 1.82) is 0 Å². The van der Waals surface area contributed by atoms with Gasteiger partial charge in [0.25, 0.3) is 11.8 Å². The Kier molecular flexibility index (Phi) is 13.8. The number of nitrogens with zero attached hydrogens (tertiary/aromatic N) is 3. The molecule has 0 radical (unpaired) electrons. The number of aromatic nitrogens is 1. The normalized spacial score (nSPS) is 17.4. The highest BCUT2D eigenvalue weighted by atomic mass is 16.6. The molecule has 4 N–H and O–H groups in total. The summed E-state index contributed by atoms with van der Waals surface area (Å²) in [5, 5.41) is 5.63. The first-order chi connectivity index (χ1) is 29.3. The number of nitrogens with one attached hydrogen (secondary N) is 2. The van der Waals surface area contributed by atoms with Crippen LogP contribution in [0.2, 0.25) is 0 Å². The Labute approximate surface area is 348 Å². The summed E-state index contributed by atoms with van der Waals surface area (Å²) in [6.07, 6.45) is 1.82. The van der Waals surface area contributed by atoms with Crippen molar-refractivity contribution in [1.82, 2.24) is 25.4 Å². The highest BCUT2D eigenvalue weighted by molar-refractivity contribution is 6.01. The van der Waals surface area contributed by atoms with Crippen LogP contribution in [0.15, 0.2) is 114 Å². The molecule has 14 nitrogen and oxygen atoms in total.